The van der Waals surface area contributed by atoms with E-state index in [2.05, 4.69) is 40.3 Å². The first-order valence-electron chi connectivity index (χ1n) is 9.84. The maximum atomic E-state index is 12.7. The van der Waals surface area contributed by atoms with Crippen LogP contribution in [0.5, 0.6) is 0 Å². The Morgan fingerprint density at radius 2 is 2.11 bits per heavy atom. The third-order valence-electron chi connectivity index (χ3n) is 5.86. The number of carbonyl (C=O) groups excluding carboxylic acids is 2. The number of rotatable bonds is 6. The number of amides is 2. The van der Waals surface area contributed by atoms with Crippen LogP contribution in [-0.2, 0) is 22.4 Å². The Hall–Kier alpha value is -2.14. The van der Waals surface area contributed by atoms with E-state index < -0.39 is 0 Å². The lowest BCUT2D eigenvalue weighted by Crippen LogP contribution is -2.44. The summed E-state index contributed by atoms with van der Waals surface area (Å²) in [5.41, 5.74) is 2.34. The van der Waals surface area contributed by atoms with E-state index in [9.17, 15) is 9.59 Å². The van der Waals surface area contributed by atoms with Gasteiger partial charge < -0.3 is 10.6 Å². The first-order valence-corrected chi connectivity index (χ1v) is 10.7. The Morgan fingerprint density at radius 1 is 1.22 bits per heavy atom. The molecule has 1 fully saturated rings. The number of benzene rings is 1. The summed E-state index contributed by atoms with van der Waals surface area (Å²) in [6, 6.07) is 12.7. The summed E-state index contributed by atoms with van der Waals surface area (Å²) in [4.78, 5) is 25.8. The van der Waals surface area contributed by atoms with Crippen molar-refractivity contribution in [3.05, 3.63) is 57.8 Å². The van der Waals surface area contributed by atoms with Crippen molar-refractivity contribution < 1.29 is 9.59 Å². The van der Waals surface area contributed by atoms with Gasteiger partial charge in [0.15, 0.2) is 0 Å². The second kappa shape index (κ2) is 7.85. The lowest BCUT2D eigenvalue weighted by molar-refractivity contribution is -0.123. The van der Waals surface area contributed by atoms with Gasteiger partial charge in [-0.3, -0.25) is 9.59 Å². The van der Waals surface area contributed by atoms with Crippen molar-refractivity contribution in [1.82, 2.24) is 10.6 Å². The number of aryl methyl sites for hydroxylation is 1. The smallest absolute Gasteiger partial charge is 0.220 e. The fraction of sp³-hybridized carbons (Fsp3) is 0.455. The zero-order chi connectivity index (χ0) is 18.7. The highest BCUT2D eigenvalue weighted by molar-refractivity contribution is 7.09. The van der Waals surface area contributed by atoms with Crippen molar-refractivity contribution in [2.24, 2.45) is 0 Å². The second-order valence-electron chi connectivity index (χ2n) is 7.80. The zero-order valence-corrected chi connectivity index (χ0v) is 16.3. The Balaban J connectivity index is 1.38. The molecule has 0 spiro atoms. The van der Waals surface area contributed by atoms with Crippen LogP contribution in [0.25, 0.3) is 0 Å². The minimum absolute atomic E-state index is 0.0865. The molecule has 4 nitrogen and oxygen atoms in total. The molecule has 2 aromatic rings. The summed E-state index contributed by atoms with van der Waals surface area (Å²) >= 11 is 1.71. The zero-order valence-electron chi connectivity index (χ0n) is 15.5. The molecule has 5 heteroatoms. The van der Waals surface area contributed by atoms with Crippen molar-refractivity contribution in [2.45, 2.75) is 62.9 Å². The Morgan fingerprint density at radius 3 is 2.89 bits per heavy atom. The molecular weight excluding hydrogens is 356 g/mol. The van der Waals surface area contributed by atoms with Gasteiger partial charge in [0.2, 0.25) is 11.8 Å². The summed E-state index contributed by atoms with van der Waals surface area (Å²) in [6.45, 7) is 0. The summed E-state index contributed by atoms with van der Waals surface area (Å²) in [7, 11) is 0. The predicted octanol–water partition coefficient (Wildman–Crippen LogP) is 3.91. The van der Waals surface area contributed by atoms with Crippen molar-refractivity contribution in [1.29, 1.82) is 0 Å². The molecule has 2 heterocycles. The van der Waals surface area contributed by atoms with Gasteiger partial charge in [-0.25, -0.2) is 0 Å². The molecule has 2 N–H and O–H groups in total. The molecule has 2 atom stereocenters. The fourth-order valence-electron chi connectivity index (χ4n) is 4.45. The van der Waals surface area contributed by atoms with E-state index in [1.807, 2.05) is 12.1 Å². The van der Waals surface area contributed by atoms with E-state index in [4.69, 9.17) is 0 Å². The van der Waals surface area contributed by atoms with Crippen LogP contribution >= 0.6 is 11.3 Å². The second-order valence-corrected chi connectivity index (χ2v) is 8.83. The molecule has 27 heavy (non-hydrogen) atoms. The molecular formula is C22H26N2O2S. The molecule has 1 saturated heterocycles. The lowest BCUT2D eigenvalue weighted by Gasteiger charge is -2.30. The first-order chi connectivity index (χ1) is 13.1. The van der Waals surface area contributed by atoms with Crippen LogP contribution in [0.3, 0.4) is 0 Å². The third-order valence-corrected chi connectivity index (χ3v) is 6.74. The molecule has 2 amide bonds. The molecule has 2 aliphatic rings. The van der Waals surface area contributed by atoms with Gasteiger partial charge in [-0.15, -0.1) is 11.3 Å². The van der Waals surface area contributed by atoms with Gasteiger partial charge in [0.25, 0.3) is 0 Å². The van der Waals surface area contributed by atoms with E-state index >= 15 is 0 Å². The van der Waals surface area contributed by atoms with Crippen LogP contribution < -0.4 is 10.6 Å². The SMILES string of the molecule is O=C(CC[C@@]1(Cc2cccs2)CCC(=O)N1)N[C@@H]1CCCc2ccccc21. The van der Waals surface area contributed by atoms with Crippen LogP contribution in [0.4, 0.5) is 0 Å². The van der Waals surface area contributed by atoms with Crippen molar-refractivity contribution in [2.75, 3.05) is 0 Å². The van der Waals surface area contributed by atoms with E-state index in [0.717, 1.165) is 32.1 Å². The number of hydrogen-bond acceptors (Lipinski definition) is 3. The number of hydrogen-bond donors (Lipinski definition) is 2. The van der Waals surface area contributed by atoms with Crippen molar-refractivity contribution in [3.8, 4) is 0 Å². The number of thiophene rings is 1. The number of fused-ring (bicyclic) bond motifs is 1. The Labute approximate surface area is 164 Å². The largest absolute Gasteiger partial charge is 0.350 e. The highest BCUT2D eigenvalue weighted by Gasteiger charge is 2.38. The minimum atomic E-state index is -0.274. The van der Waals surface area contributed by atoms with Crippen LogP contribution in [-0.4, -0.2) is 17.4 Å². The quantitative estimate of drug-likeness (QED) is 0.796. The van der Waals surface area contributed by atoms with Crippen molar-refractivity contribution in [3.63, 3.8) is 0 Å². The minimum Gasteiger partial charge on any atom is -0.350 e. The molecule has 0 saturated carbocycles. The van der Waals surface area contributed by atoms with E-state index in [0.29, 0.717) is 19.3 Å². The first kappa shape index (κ1) is 18.2. The summed E-state index contributed by atoms with van der Waals surface area (Å²) in [5.74, 6) is 0.191. The topological polar surface area (TPSA) is 58.2 Å². The number of nitrogens with one attached hydrogen (secondary N) is 2. The predicted molar refractivity (Wildman–Crippen MR) is 108 cm³/mol. The van der Waals surface area contributed by atoms with Crippen LogP contribution in [0.2, 0.25) is 0 Å². The van der Waals surface area contributed by atoms with E-state index in [-0.39, 0.29) is 23.4 Å². The standard InChI is InChI=1S/C22H26N2O2S/c25-20(23-19-9-3-6-16-5-1-2-8-18(16)19)10-12-22(13-11-21(26)24-22)15-17-7-4-14-27-17/h1-2,4-5,7-8,14,19H,3,6,9-13,15H2,(H,23,25)(H,24,26)/t19-,22+/m1/s1. The lowest BCUT2D eigenvalue weighted by atomic mass is 9.86. The Bertz CT molecular complexity index is 817. The van der Waals surface area contributed by atoms with Gasteiger partial charge in [0.1, 0.15) is 0 Å². The molecule has 0 bridgehead atoms. The molecule has 0 radical (unpaired) electrons. The van der Waals surface area contributed by atoms with E-state index in [1.165, 1.54) is 16.0 Å². The van der Waals surface area contributed by atoms with Crippen LogP contribution in [0.15, 0.2) is 41.8 Å². The molecule has 4 rings (SSSR count). The highest BCUT2D eigenvalue weighted by Crippen LogP contribution is 2.32. The fourth-order valence-corrected chi connectivity index (χ4v) is 5.30. The number of carbonyl (C=O) groups is 2. The van der Waals surface area contributed by atoms with Crippen LogP contribution in [0.1, 0.15) is 60.6 Å². The summed E-state index contributed by atoms with van der Waals surface area (Å²) < 4.78 is 0. The average molecular weight is 383 g/mol. The maximum absolute atomic E-state index is 12.7. The van der Waals surface area contributed by atoms with Crippen LogP contribution in [0, 0.1) is 0 Å². The normalized spacial score (nSPS) is 24.3. The van der Waals surface area contributed by atoms with Gasteiger partial charge in [-0.05, 0) is 54.7 Å². The van der Waals surface area contributed by atoms with Crippen molar-refractivity contribution >= 4 is 23.2 Å². The Kier molecular flexibility index (Phi) is 5.30. The summed E-state index contributed by atoms with van der Waals surface area (Å²) in [6.07, 6.45) is 6.53. The third kappa shape index (κ3) is 4.24. The molecule has 0 unspecified atom stereocenters. The van der Waals surface area contributed by atoms with Gasteiger partial charge in [0, 0.05) is 29.7 Å². The molecule has 1 aliphatic carbocycles. The monoisotopic (exact) mass is 382 g/mol. The van der Waals surface area contributed by atoms with E-state index in [1.54, 1.807) is 11.3 Å². The van der Waals surface area contributed by atoms with Gasteiger partial charge in [-0.1, -0.05) is 30.3 Å². The highest BCUT2D eigenvalue weighted by atomic mass is 32.1. The molecule has 1 aromatic carbocycles. The summed E-state index contributed by atoms with van der Waals surface area (Å²) in [5, 5.41) is 8.47. The molecule has 142 valence electrons. The van der Waals surface area contributed by atoms with Gasteiger partial charge in [0.05, 0.1) is 6.04 Å². The maximum Gasteiger partial charge on any atom is 0.220 e. The van der Waals surface area contributed by atoms with Gasteiger partial charge >= 0.3 is 0 Å². The molecule has 1 aliphatic heterocycles. The molecule has 1 aromatic heterocycles. The van der Waals surface area contributed by atoms with Gasteiger partial charge in [-0.2, -0.15) is 0 Å². The average Bonchev–Trinajstić information content (AvgIpc) is 3.31.